The zero-order valence-electron chi connectivity index (χ0n) is 15.6. The molecule has 0 radical (unpaired) electrons. The van der Waals surface area contributed by atoms with Crippen molar-refractivity contribution < 1.29 is 14.1 Å². The van der Waals surface area contributed by atoms with Crippen LogP contribution in [0.4, 0.5) is 0 Å². The number of hydrogen-bond acceptors (Lipinski definition) is 6. The van der Waals surface area contributed by atoms with Gasteiger partial charge in [-0.2, -0.15) is 0 Å². The van der Waals surface area contributed by atoms with Gasteiger partial charge in [-0.1, -0.05) is 22.8 Å². The minimum Gasteiger partial charge on any atom is -0.492 e. The van der Waals surface area contributed by atoms with Crippen molar-refractivity contribution in [2.45, 2.75) is 24.6 Å². The van der Waals surface area contributed by atoms with Crippen LogP contribution in [-0.2, 0) is 5.75 Å². The largest absolute Gasteiger partial charge is 0.492 e. The van der Waals surface area contributed by atoms with Gasteiger partial charge in [0.2, 0.25) is 0 Å². The summed E-state index contributed by atoms with van der Waals surface area (Å²) in [5.41, 5.74) is 2.41. The zero-order chi connectivity index (χ0) is 19.9. The number of aryl methyl sites for hydroxylation is 2. The SMILES string of the molecule is Cc1noc(C)c1CSc1ncccc1C(=O)NCCOc1cccc(Cl)c1. The van der Waals surface area contributed by atoms with Gasteiger partial charge in [-0.25, -0.2) is 4.98 Å². The summed E-state index contributed by atoms with van der Waals surface area (Å²) in [6, 6.07) is 10.6. The molecule has 8 heteroatoms. The van der Waals surface area contributed by atoms with Crippen molar-refractivity contribution in [2.75, 3.05) is 13.2 Å². The van der Waals surface area contributed by atoms with Gasteiger partial charge in [0.1, 0.15) is 23.1 Å². The Balaban J connectivity index is 1.55. The average molecular weight is 418 g/mol. The first-order chi connectivity index (χ1) is 13.5. The Labute approximate surface area is 172 Å². The highest BCUT2D eigenvalue weighted by Gasteiger charge is 2.15. The van der Waals surface area contributed by atoms with Crippen LogP contribution in [-0.4, -0.2) is 29.2 Å². The van der Waals surface area contributed by atoms with Gasteiger partial charge < -0.3 is 14.6 Å². The smallest absolute Gasteiger partial charge is 0.254 e. The molecule has 0 spiro atoms. The lowest BCUT2D eigenvalue weighted by molar-refractivity contribution is 0.0943. The number of amides is 1. The standard InChI is InChI=1S/C20H20ClN3O3S/c1-13-18(14(2)27-24-13)12-28-20-17(7-4-8-23-20)19(25)22-9-10-26-16-6-3-5-15(21)11-16/h3-8,11H,9-10,12H2,1-2H3,(H,22,25). The molecule has 0 saturated heterocycles. The van der Waals surface area contributed by atoms with E-state index >= 15 is 0 Å². The van der Waals surface area contributed by atoms with Crippen LogP contribution in [0.15, 0.2) is 52.1 Å². The summed E-state index contributed by atoms with van der Waals surface area (Å²) in [6.07, 6.45) is 1.68. The first kappa shape index (κ1) is 20.2. The lowest BCUT2D eigenvalue weighted by Gasteiger charge is -2.10. The Bertz CT molecular complexity index is 942. The van der Waals surface area contributed by atoms with Crippen LogP contribution in [0, 0.1) is 13.8 Å². The maximum atomic E-state index is 12.6. The lowest BCUT2D eigenvalue weighted by atomic mass is 10.2. The summed E-state index contributed by atoms with van der Waals surface area (Å²) in [5, 5.41) is 8.09. The third-order valence-electron chi connectivity index (χ3n) is 4.00. The molecule has 0 unspecified atom stereocenters. The molecule has 3 rings (SSSR count). The molecule has 0 saturated carbocycles. The number of ether oxygens (including phenoxy) is 1. The fourth-order valence-corrected chi connectivity index (χ4v) is 3.84. The van der Waals surface area contributed by atoms with Crippen molar-refractivity contribution >= 4 is 29.3 Å². The molecule has 1 amide bonds. The van der Waals surface area contributed by atoms with E-state index < -0.39 is 0 Å². The van der Waals surface area contributed by atoms with Gasteiger partial charge in [0, 0.05) is 22.5 Å². The molecule has 2 aromatic heterocycles. The average Bonchev–Trinajstić information content (AvgIpc) is 3.01. The first-order valence-electron chi connectivity index (χ1n) is 8.70. The van der Waals surface area contributed by atoms with Crippen molar-refractivity contribution in [1.82, 2.24) is 15.5 Å². The normalized spacial score (nSPS) is 10.7. The van der Waals surface area contributed by atoms with Crippen LogP contribution >= 0.6 is 23.4 Å². The predicted molar refractivity (Wildman–Crippen MR) is 109 cm³/mol. The number of carbonyl (C=O) groups is 1. The van der Waals surface area contributed by atoms with Gasteiger partial charge in [-0.15, -0.1) is 11.8 Å². The first-order valence-corrected chi connectivity index (χ1v) is 10.1. The van der Waals surface area contributed by atoms with Gasteiger partial charge in [-0.3, -0.25) is 4.79 Å². The third kappa shape index (κ3) is 5.27. The fraction of sp³-hybridized carbons (Fsp3) is 0.250. The number of hydrogen-bond donors (Lipinski definition) is 1. The lowest BCUT2D eigenvalue weighted by Crippen LogP contribution is -2.28. The molecule has 0 fully saturated rings. The fourth-order valence-electron chi connectivity index (χ4n) is 2.51. The Morgan fingerprint density at radius 3 is 2.89 bits per heavy atom. The third-order valence-corrected chi connectivity index (χ3v) is 5.27. The topological polar surface area (TPSA) is 77.2 Å². The van der Waals surface area contributed by atoms with E-state index in [4.69, 9.17) is 20.9 Å². The molecule has 2 heterocycles. The number of benzene rings is 1. The highest BCUT2D eigenvalue weighted by Crippen LogP contribution is 2.27. The Morgan fingerprint density at radius 1 is 1.29 bits per heavy atom. The van der Waals surface area contributed by atoms with E-state index in [-0.39, 0.29) is 5.91 Å². The van der Waals surface area contributed by atoms with E-state index in [1.807, 2.05) is 26.0 Å². The molecule has 28 heavy (non-hydrogen) atoms. The van der Waals surface area contributed by atoms with Crippen molar-refractivity contribution in [3.05, 3.63) is 70.2 Å². The summed E-state index contributed by atoms with van der Waals surface area (Å²) in [5.74, 6) is 1.89. The maximum absolute atomic E-state index is 12.6. The number of pyridine rings is 1. The predicted octanol–water partition coefficient (Wildman–Crippen LogP) is 4.44. The second kappa shape index (κ2) is 9.61. The van der Waals surface area contributed by atoms with Crippen molar-refractivity contribution in [3.8, 4) is 5.75 Å². The Hall–Kier alpha value is -2.51. The number of aromatic nitrogens is 2. The molecular weight excluding hydrogens is 398 g/mol. The van der Waals surface area contributed by atoms with Gasteiger partial charge in [0.15, 0.2) is 0 Å². The molecule has 6 nitrogen and oxygen atoms in total. The quantitative estimate of drug-likeness (QED) is 0.431. The zero-order valence-corrected chi connectivity index (χ0v) is 17.1. The number of halogens is 1. The van der Waals surface area contributed by atoms with Crippen LogP contribution in [0.1, 0.15) is 27.4 Å². The summed E-state index contributed by atoms with van der Waals surface area (Å²) >= 11 is 7.40. The van der Waals surface area contributed by atoms with Crippen LogP contribution in [0.5, 0.6) is 5.75 Å². The monoisotopic (exact) mass is 417 g/mol. The van der Waals surface area contributed by atoms with E-state index in [1.54, 1.807) is 30.5 Å². The maximum Gasteiger partial charge on any atom is 0.254 e. The van der Waals surface area contributed by atoms with Gasteiger partial charge in [-0.05, 0) is 44.2 Å². The number of thioether (sulfide) groups is 1. The van der Waals surface area contributed by atoms with E-state index in [9.17, 15) is 4.79 Å². The number of carbonyl (C=O) groups excluding carboxylic acids is 1. The van der Waals surface area contributed by atoms with E-state index in [2.05, 4.69) is 15.5 Å². The molecule has 1 N–H and O–H groups in total. The second-order valence-corrected chi connectivity index (χ2v) is 7.41. The number of nitrogens with one attached hydrogen (secondary N) is 1. The van der Waals surface area contributed by atoms with E-state index in [1.165, 1.54) is 11.8 Å². The summed E-state index contributed by atoms with van der Waals surface area (Å²) in [6.45, 7) is 4.49. The molecule has 3 aromatic rings. The summed E-state index contributed by atoms with van der Waals surface area (Å²) in [7, 11) is 0. The number of nitrogens with zero attached hydrogens (tertiary/aromatic N) is 2. The van der Waals surface area contributed by atoms with Gasteiger partial charge >= 0.3 is 0 Å². The van der Waals surface area contributed by atoms with Gasteiger partial charge in [0.25, 0.3) is 5.91 Å². The van der Waals surface area contributed by atoms with Crippen LogP contribution in [0.2, 0.25) is 5.02 Å². The Kier molecular flexibility index (Phi) is 6.95. The van der Waals surface area contributed by atoms with E-state index in [0.717, 1.165) is 17.0 Å². The highest BCUT2D eigenvalue weighted by molar-refractivity contribution is 7.98. The van der Waals surface area contributed by atoms with Crippen molar-refractivity contribution in [2.24, 2.45) is 0 Å². The summed E-state index contributed by atoms with van der Waals surface area (Å²) in [4.78, 5) is 16.9. The number of rotatable bonds is 8. The van der Waals surface area contributed by atoms with Crippen molar-refractivity contribution in [3.63, 3.8) is 0 Å². The summed E-state index contributed by atoms with van der Waals surface area (Å²) < 4.78 is 10.8. The van der Waals surface area contributed by atoms with E-state index in [0.29, 0.717) is 40.3 Å². The minimum absolute atomic E-state index is 0.191. The Morgan fingerprint density at radius 2 is 2.14 bits per heavy atom. The van der Waals surface area contributed by atoms with Gasteiger partial charge in [0.05, 0.1) is 17.8 Å². The van der Waals surface area contributed by atoms with Crippen LogP contribution in [0.3, 0.4) is 0 Å². The van der Waals surface area contributed by atoms with Crippen LogP contribution < -0.4 is 10.1 Å². The molecule has 0 bridgehead atoms. The molecule has 0 aliphatic heterocycles. The highest BCUT2D eigenvalue weighted by atomic mass is 35.5. The van der Waals surface area contributed by atoms with Crippen molar-refractivity contribution in [1.29, 1.82) is 0 Å². The molecule has 0 aliphatic rings. The molecule has 146 valence electrons. The second-order valence-electron chi connectivity index (χ2n) is 6.01. The molecule has 0 aliphatic carbocycles. The minimum atomic E-state index is -0.191. The molecule has 1 aromatic carbocycles. The molecular formula is C20H20ClN3O3S. The molecule has 0 atom stereocenters. The van der Waals surface area contributed by atoms with Crippen LogP contribution in [0.25, 0.3) is 0 Å².